The normalized spacial score (nSPS) is 15.1. The minimum atomic E-state index is -1.13. The smallest absolute Gasteiger partial charge is 0.374 e. The van der Waals surface area contributed by atoms with Crippen molar-refractivity contribution in [3.63, 3.8) is 0 Å². The third kappa shape index (κ3) is 3.39. The van der Waals surface area contributed by atoms with Crippen molar-refractivity contribution in [3.05, 3.63) is 95.3 Å². The molecule has 0 amide bonds. The van der Waals surface area contributed by atoms with Crippen molar-refractivity contribution < 1.29 is 9.90 Å². The van der Waals surface area contributed by atoms with E-state index in [-0.39, 0.29) is 11.7 Å². The van der Waals surface area contributed by atoms with Crippen molar-refractivity contribution in [1.82, 2.24) is 9.97 Å². The Kier molecular flexibility index (Phi) is 4.85. The van der Waals surface area contributed by atoms with Crippen LogP contribution in [0.3, 0.4) is 0 Å². The van der Waals surface area contributed by atoms with Crippen LogP contribution in [0.1, 0.15) is 33.2 Å². The van der Waals surface area contributed by atoms with Crippen LogP contribution in [0.25, 0.3) is 10.9 Å². The molecule has 1 aromatic heterocycles. The number of rotatable bonds is 4. The molecule has 0 saturated heterocycles. The number of hydrogen-bond acceptors (Lipinski definition) is 5. The lowest BCUT2D eigenvalue weighted by molar-refractivity contribution is 0.0684. The fourth-order valence-electron chi connectivity index (χ4n) is 3.95. The molecule has 6 heteroatoms. The van der Waals surface area contributed by atoms with Crippen LogP contribution in [0.15, 0.2) is 77.7 Å². The Labute approximate surface area is 178 Å². The molecule has 5 rings (SSSR count). The molecule has 0 bridgehead atoms. The lowest BCUT2D eigenvalue weighted by Gasteiger charge is -2.21. The number of carbonyl (C=O) groups is 1. The SMILES string of the molecule is O=C(O)c1nc(NCC2c3ccccc3CSc3ccccc32)c2ccccc2n1. The zero-order valence-electron chi connectivity index (χ0n) is 16.1. The van der Waals surface area contributed by atoms with Crippen LogP contribution in [-0.2, 0) is 5.75 Å². The highest BCUT2D eigenvalue weighted by Gasteiger charge is 2.24. The van der Waals surface area contributed by atoms with Gasteiger partial charge in [0.1, 0.15) is 5.82 Å². The Balaban J connectivity index is 1.57. The van der Waals surface area contributed by atoms with Crippen LogP contribution >= 0.6 is 11.8 Å². The predicted molar refractivity (Wildman–Crippen MR) is 119 cm³/mol. The molecular weight excluding hydrogens is 394 g/mol. The first-order valence-corrected chi connectivity index (χ1v) is 10.7. The number of aromatic nitrogens is 2. The number of nitrogens with one attached hydrogen (secondary N) is 1. The molecule has 2 N–H and O–H groups in total. The molecule has 1 atom stereocenters. The summed E-state index contributed by atoms with van der Waals surface area (Å²) in [4.78, 5) is 21.3. The average Bonchev–Trinajstić information content (AvgIpc) is 2.94. The fourth-order valence-corrected chi connectivity index (χ4v) is 5.08. The van der Waals surface area contributed by atoms with Crippen molar-refractivity contribution in [1.29, 1.82) is 0 Å². The van der Waals surface area contributed by atoms with Gasteiger partial charge in [-0.15, -0.1) is 11.8 Å². The number of thioether (sulfide) groups is 1. The number of nitrogens with zero attached hydrogens (tertiary/aromatic N) is 2. The van der Waals surface area contributed by atoms with E-state index in [1.807, 2.05) is 36.0 Å². The van der Waals surface area contributed by atoms with E-state index >= 15 is 0 Å². The zero-order valence-corrected chi connectivity index (χ0v) is 16.9. The van der Waals surface area contributed by atoms with E-state index in [1.54, 1.807) is 0 Å². The Morgan fingerprint density at radius 1 is 0.967 bits per heavy atom. The summed E-state index contributed by atoms with van der Waals surface area (Å²) in [6, 6.07) is 24.5. The molecule has 0 fully saturated rings. The van der Waals surface area contributed by atoms with Gasteiger partial charge < -0.3 is 10.4 Å². The third-order valence-electron chi connectivity index (χ3n) is 5.38. The van der Waals surface area contributed by atoms with Crippen molar-refractivity contribution >= 4 is 34.5 Å². The Morgan fingerprint density at radius 3 is 2.57 bits per heavy atom. The second kappa shape index (κ2) is 7.80. The minimum absolute atomic E-state index is 0.134. The highest BCUT2D eigenvalue weighted by atomic mass is 32.2. The molecule has 5 nitrogen and oxygen atoms in total. The van der Waals surface area contributed by atoms with Crippen LogP contribution in [-0.4, -0.2) is 27.6 Å². The quantitative estimate of drug-likeness (QED) is 0.480. The molecule has 4 aromatic rings. The Bertz CT molecular complexity index is 1210. The summed E-state index contributed by atoms with van der Waals surface area (Å²) in [5, 5.41) is 13.7. The van der Waals surface area contributed by atoms with Gasteiger partial charge in [-0.25, -0.2) is 14.8 Å². The van der Waals surface area contributed by atoms with E-state index in [0.717, 1.165) is 11.1 Å². The van der Waals surface area contributed by atoms with Crippen LogP contribution < -0.4 is 5.32 Å². The molecule has 148 valence electrons. The first-order chi connectivity index (χ1) is 14.7. The molecule has 0 radical (unpaired) electrons. The van der Waals surface area contributed by atoms with Gasteiger partial charge >= 0.3 is 5.97 Å². The lowest BCUT2D eigenvalue weighted by Crippen LogP contribution is -2.17. The van der Waals surface area contributed by atoms with E-state index in [9.17, 15) is 9.90 Å². The highest BCUT2D eigenvalue weighted by molar-refractivity contribution is 7.98. The van der Waals surface area contributed by atoms with Crippen molar-refractivity contribution in [3.8, 4) is 0 Å². The predicted octanol–water partition coefficient (Wildman–Crippen LogP) is 5.18. The van der Waals surface area contributed by atoms with E-state index in [4.69, 9.17) is 0 Å². The summed E-state index contributed by atoms with van der Waals surface area (Å²) >= 11 is 1.86. The van der Waals surface area contributed by atoms with Crippen LogP contribution in [0, 0.1) is 0 Å². The van der Waals surface area contributed by atoms with Crippen LogP contribution in [0.4, 0.5) is 5.82 Å². The van der Waals surface area contributed by atoms with Crippen molar-refractivity contribution in [2.45, 2.75) is 16.6 Å². The summed E-state index contributed by atoms with van der Waals surface area (Å²) in [6.45, 7) is 0.606. The largest absolute Gasteiger partial charge is 0.475 e. The Hall–Kier alpha value is -3.38. The molecule has 1 aliphatic heterocycles. The van der Waals surface area contributed by atoms with E-state index in [0.29, 0.717) is 17.9 Å². The standard InChI is InChI=1S/C24H19N3O2S/c28-24(29)23-26-20-11-5-3-10-18(20)22(27-23)25-13-19-16-8-2-1-7-15(16)14-30-21-12-6-4-9-17(19)21/h1-12,19H,13-14H2,(H,28,29)(H,25,26,27). The monoisotopic (exact) mass is 413 g/mol. The molecule has 3 aromatic carbocycles. The van der Waals surface area contributed by atoms with Gasteiger partial charge in [0.2, 0.25) is 5.82 Å². The molecule has 1 aliphatic rings. The summed E-state index contributed by atoms with van der Waals surface area (Å²) in [5.41, 5.74) is 4.50. The fraction of sp³-hybridized carbons (Fsp3) is 0.125. The summed E-state index contributed by atoms with van der Waals surface area (Å²) < 4.78 is 0. The third-order valence-corrected chi connectivity index (χ3v) is 6.51. The number of anilines is 1. The lowest BCUT2D eigenvalue weighted by atomic mass is 9.88. The van der Waals surface area contributed by atoms with Gasteiger partial charge in [0, 0.05) is 28.5 Å². The number of para-hydroxylation sites is 1. The molecular formula is C24H19N3O2S. The summed E-state index contributed by atoms with van der Waals surface area (Å²) in [5.74, 6) is 0.279. The topological polar surface area (TPSA) is 75.1 Å². The molecule has 1 unspecified atom stereocenters. The first-order valence-electron chi connectivity index (χ1n) is 9.74. The molecule has 2 heterocycles. The second-order valence-electron chi connectivity index (χ2n) is 7.18. The molecule has 0 saturated carbocycles. The number of aromatic carboxylic acids is 1. The zero-order chi connectivity index (χ0) is 20.5. The number of benzene rings is 3. The van der Waals surface area contributed by atoms with Gasteiger partial charge in [-0.3, -0.25) is 0 Å². The second-order valence-corrected chi connectivity index (χ2v) is 8.19. The van der Waals surface area contributed by atoms with Gasteiger partial charge in [0.25, 0.3) is 0 Å². The molecule has 30 heavy (non-hydrogen) atoms. The van der Waals surface area contributed by atoms with Gasteiger partial charge in [-0.1, -0.05) is 54.6 Å². The van der Waals surface area contributed by atoms with Crippen LogP contribution in [0.5, 0.6) is 0 Å². The van der Waals surface area contributed by atoms with Gasteiger partial charge in [0.15, 0.2) is 0 Å². The summed E-state index contributed by atoms with van der Waals surface area (Å²) in [7, 11) is 0. The number of carboxylic acids is 1. The van der Waals surface area contributed by atoms with Gasteiger partial charge in [-0.2, -0.15) is 0 Å². The molecule has 0 aliphatic carbocycles. The maximum atomic E-state index is 11.5. The van der Waals surface area contributed by atoms with Crippen molar-refractivity contribution in [2.24, 2.45) is 0 Å². The number of hydrogen-bond donors (Lipinski definition) is 2. The maximum absolute atomic E-state index is 11.5. The van der Waals surface area contributed by atoms with E-state index in [1.165, 1.54) is 21.6 Å². The minimum Gasteiger partial charge on any atom is -0.475 e. The first kappa shape index (κ1) is 18.6. The van der Waals surface area contributed by atoms with Gasteiger partial charge in [0.05, 0.1) is 5.52 Å². The van der Waals surface area contributed by atoms with Gasteiger partial charge in [-0.05, 0) is 34.9 Å². The maximum Gasteiger partial charge on any atom is 0.374 e. The Morgan fingerprint density at radius 2 is 1.70 bits per heavy atom. The van der Waals surface area contributed by atoms with E-state index < -0.39 is 5.97 Å². The van der Waals surface area contributed by atoms with Crippen molar-refractivity contribution in [2.75, 3.05) is 11.9 Å². The number of fused-ring (bicyclic) bond motifs is 3. The molecule has 0 spiro atoms. The summed E-state index contributed by atoms with van der Waals surface area (Å²) in [6.07, 6.45) is 0. The highest BCUT2D eigenvalue weighted by Crippen LogP contribution is 2.40. The average molecular weight is 414 g/mol. The number of carboxylic acid groups (broad SMARTS) is 1. The van der Waals surface area contributed by atoms with E-state index in [2.05, 4.69) is 63.8 Å². The van der Waals surface area contributed by atoms with Crippen LogP contribution in [0.2, 0.25) is 0 Å².